The molecule has 2 aromatic carbocycles. The van der Waals surface area contributed by atoms with Crippen LogP contribution in [0.25, 0.3) is 0 Å². The van der Waals surface area contributed by atoms with Gasteiger partial charge < -0.3 is 4.90 Å². The first-order valence-electron chi connectivity index (χ1n) is 9.94. The predicted molar refractivity (Wildman–Crippen MR) is 110 cm³/mol. The van der Waals surface area contributed by atoms with Crippen LogP contribution in [0.1, 0.15) is 36.8 Å². The van der Waals surface area contributed by atoms with Crippen LogP contribution in [0, 0.1) is 5.82 Å². The van der Waals surface area contributed by atoms with Gasteiger partial charge in [0.2, 0.25) is 15.9 Å². The van der Waals surface area contributed by atoms with E-state index in [-0.39, 0.29) is 11.7 Å². The molecule has 1 heterocycles. The molecule has 0 saturated carbocycles. The van der Waals surface area contributed by atoms with Crippen molar-refractivity contribution in [2.24, 2.45) is 0 Å². The maximum atomic E-state index is 13.0. The Bertz CT molecular complexity index is 922. The first-order valence-corrected chi connectivity index (χ1v) is 11.4. The average molecular weight is 419 g/mol. The summed E-state index contributed by atoms with van der Waals surface area (Å²) >= 11 is 0. The Kier molecular flexibility index (Phi) is 7.03. The van der Waals surface area contributed by atoms with Gasteiger partial charge in [-0.05, 0) is 54.7 Å². The highest BCUT2D eigenvalue weighted by molar-refractivity contribution is 7.89. The lowest BCUT2D eigenvalue weighted by Crippen LogP contribution is -2.35. The molecule has 1 fully saturated rings. The molecule has 1 aliphatic heterocycles. The van der Waals surface area contributed by atoms with Crippen molar-refractivity contribution in [1.82, 2.24) is 9.21 Å². The summed E-state index contributed by atoms with van der Waals surface area (Å²) in [4.78, 5) is 14.3. The molecule has 0 atom stereocenters. The number of piperidine rings is 1. The standard InChI is InChI=1S/C22H27FN2O3S/c1-24(17-19-5-10-20(23)11-6-19)22(26)14-9-18-7-12-21(13-8-18)29(27,28)25-15-3-2-4-16-25/h5-8,10-13H,2-4,9,14-17H2,1H3. The maximum Gasteiger partial charge on any atom is 0.243 e. The molecule has 1 aliphatic rings. The predicted octanol–water partition coefficient (Wildman–Crippen LogP) is 3.59. The molecule has 7 heteroatoms. The second-order valence-electron chi connectivity index (χ2n) is 7.48. The highest BCUT2D eigenvalue weighted by atomic mass is 32.2. The largest absolute Gasteiger partial charge is 0.341 e. The van der Waals surface area contributed by atoms with Crippen LogP contribution in [-0.2, 0) is 27.8 Å². The van der Waals surface area contributed by atoms with Gasteiger partial charge in [-0.25, -0.2) is 12.8 Å². The second kappa shape index (κ2) is 9.50. The zero-order valence-electron chi connectivity index (χ0n) is 16.7. The monoisotopic (exact) mass is 418 g/mol. The summed E-state index contributed by atoms with van der Waals surface area (Å²) in [5.41, 5.74) is 1.79. The van der Waals surface area contributed by atoms with Crippen molar-refractivity contribution in [3.8, 4) is 0 Å². The van der Waals surface area contributed by atoms with Crippen molar-refractivity contribution in [2.75, 3.05) is 20.1 Å². The normalized spacial score (nSPS) is 15.2. The van der Waals surface area contributed by atoms with Crippen LogP contribution in [-0.4, -0.2) is 43.7 Å². The second-order valence-corrected chi connectivity index (χ2v) is 9.42. The molecule has 29 heavy (non-hydrogen) atoms. The highest BCUT2D eigenvalue weighted by Crippen LogP contribution is 2.21. The Labute approximate surface area is 172 Å². The summed E-state index contributed by atoms with van der Waals surface area (Å²) in [5, 5.41) is 0. The zero-order chi connectivity index (χ0) is 20.9. The van der Waals surface area contributed by atoms with E-state index >= 15 is 0 Å². The molecule has 0 N–H and O–H groups in total. The van der Waals surface area contributed by atoms with Gasteiger partial charge in [-0.15, -0.1) is 0 Å². The van der Waals surface area contributed by atoms with Gasteiger partial charge in [-0.3, -0.25) is 4.79 Å². The molecule has 0 aliphatic carbocycles. The van der Waals surface area contributed by atoms with E-state index in [0.29, 0.717) is 37.4 Å². The zero-order valence-corrected chi connectivity index (χ0v) is 17.5. The topological polar surface area (TPSA) is 57.7 Å². The first-order chi connectivity index (χ1) is 13.9. The number of hydrogen-bond acceptors (Lipinski definition) is 3. The minimum absolute atomic E-state index is 0.0145. The van der Waals surface area contributed by atoms with Gasteiger partial charge in [0.1, 0.15) is 5.82 Å². The summed E-state index contributed by atoms with van der Waals surface area (Å²) < 4.78 is 39.9. The van der Waals surface area contributed by atoms with Crippen molar-refractivity contribution in [2.45, 2.75) is 43.5 Å². The number of halogens is 1. The highest BCUT2D eigenvalue weighted by Gasteiger charge is 2.25. The number of sulfonamides is 1. The Hall–Kier alpha value is -2.25. The van der Waals surface area contributed by atoms with E-state index in [1.54, 1.807) is 52.7 Å². The minimum atomic E-state index is -3.43. The quantitative estimate of drug-likeness (QED) is 0.690. The van der Waals surface area contributed by atoms with Gasteiger partial charge in [0.15, 0.2) is 0 Å². The van der Waals surface area contributed by atoms with Crippen molar-refractivity contribution in [3.63, 3.8) is 0 Å². The van der Waals surface area contributed by atoms with Crippen molar-refractivity contribution >= 4 is 15.9 Å². The molecule has 1 saturated heterocycles. The van der Waals surface area contributed by atoms with Gasteiger partial charge in [0, 0.05) is 33.1 Å². The molecule has 5 nitrogen and oxygen atoms in total. The Morgan fingerprint density at radius 2 is 1.55 bits per heavy atom. The molecular weight excluding hydrogens is 391 g/mol. The van der Waals surface area contributed by atoms with Crippen LogP contribution in [0.2, 0.25) is 0 Å². The Morgan fingerprint density at radius 3 is 2.17 bits per heavy atom. The van der Waals surface area contributed by atoms with Crippen LogP contribution in [0.3, 0.4) is 0 Å². The van der Waals surface area contributed by atoms with Crippen molar-refractivity contribution in [3.05, 3.63) is 65.5 Å². The van der Waals surface area contributed by atoms with E-state index in [1.165, 1.54) is 12.1 Å². The summed E-state index contributed by atoms with van der Waals surface area (Å²) in [5.74, 6) is -0.312. The van der Waals surface area contributed by atoms with Crippen LogP contribution >= 0.6 is 0 Å². The van der Waals surface area contributed by atoms with Gasteiger partial charge in [-0.2, -0.15) is 4.31 Å². The van der Waals surface area contributed by atoms with Crippen LogP contribution in [0.15, 0.2) is 53.4 Å². The SMILES string of the molecule is CN(Cc1ccc(F)cc1)C(=O)CCc1ccc(S(=O)(=O)N2CCCCC2)cc1. The first kappa shape index (κ1) is 21.5. The number of rotatable bonds is 7. The van der Waals surface area contributed by atoms with E-state index in [1.807, 2.05) is 0 Å². The van der Waals surface area contributed by atoms with Crippen molar-refractivity contribution in [1.29, 1.82) is 0 Å². The Balaban J connectivity index is 1.54. The lowest BCUT2D eigenvalue weighted by Gasteiger charge is -2.25. The lowest BCUT2D eigenvalue weighted by molar-refractivity contribution is -0.130. The number of benzene rings is 2. The van der Waals surface area contributed by atoms with Crippen molar-refractivity contribution < 1.29 is 17.6 Å². The van der Waals surface area contributed by atoms with Crippen LogP contribution < -0.4 is 0 Å². The Morgan fingerprint density at radius 1 is 0.966 bits per heavy atom. The number of carbonyl (C=O) groups is 1. The molecule has 3 rings (SSSR count). The molecule has 0 aromatic heterocycles. The van der Waals surface area contributed by atoms with E-state index in [0.717, 1.165) is 30.4 Å². The molecule has 156 valence electrons. The molecule has 0 spiro atoms. The summed E-state index contributed by atoms with van der Waals surface area (Å²) in [6.45, 7) is 1.59. The smallest absolute Gasteiger partial charge is 0.243 e. The number of amides is 1. The number of hydrogen-bond donors (Lipinski definition) is 0. The van der Waals surface area contributed by atoms with Crippen LogP contribution in [0.4, 0.5) is 4.39 Å². The molecule has 0 radical (unpaired) electrons. The average Bonchev–Trinajstić information content (AvgIpc) is 2.74. The molecule has 0 unspecified atom stereocenters. The third kappa shape index (κ3) is 5.64. The van der Waals surface area contributed by atoms with E-state index in [9.17, 15) is 17.6 Å². The minimum Gasteiger partial charge on any atom is -0.341 e. The van der Waals surface area contributed by atoms with Gasteiger partial charge in [-0.1, -0.05) is 30.7 Å². The van der Waals surface area contributed by atoms with Gasteiger partial charge in [0.05, 0.1) is 4.90 Å². The fourth-order valence-corrected chi connectivity index (χ4v) is 4.99. The molecule has 0 bridgehead atoms. The number of aryl methyl sites for hydroxylation is 1. The van der Waals surface area contributed by atoms with Crippen LogP contribution in [0.5, 0.6) is 0 Å². The third-order valence-electron chi connectivity index (χ3n) is 5.26. The third-order valence-corrected chi connectivity index (χ3v) is 7.18. The van der Waals surface area contributed by atoms with E-state index in [4.69, 9.17) is 0 Å². The number of nitrogens with zero attached hydrogens (tertiary/aromatic N) is 2. The fraction of sp³-hybridized carbons (Fsp3) is 0.409. The summed E-state index contributed by atoms with van der Waals surface area (Å²) in [6, 6.07) is 12.9. The number of carbonyl (C=O) groups excluding carboxylic acids is 1. The van der Waals surface area contributed by atoms with Gasteiger partial charge in [0.25, 0.3) is 0 Å². The summed E-state index contributed by atoms with van der Waals surface area (Å²) in [6.07, 6.45) is 3.76. The molecular formula is C22H27FN2O3S. The summed E-state index contributed by atoms with van der Waals surface area (Å²) in [7, 11) is -1.71. The van der Waals surface area contributed by atoms with Gasteiger partial charge >= 0.3 is 0 Å². The fourth-order valence-electron chi connectivity index (χ4n) is 3.48. The van der Waals surface area contributed by atoms with E-state index < -0.39 is 10.0 Å². The molecule has 2 aromatic rings. The van der Waals surface area contributed by atoms with E-state index in [2.05, 4.69) is 0 Å². The molecule has 1 amide bonds. The maximum absolute atomic E-state index is 13.0. The lowest BCUT2D eigenvalue weighted by atomic mass is 10.1.